The molecule has 0 aromatic carbocycles. The van der Waals surface area contributed by atoms with E-state index < -0.39 is 0 Å². The minimum Gasteiger partial charge on any atom is -0.326 e. The normalized spacial score (nSPS) is 21.1. The molecule has 2 rings (SSSR count). The monoisotopic (exact) mass is 267 g/mol. The fraction of sp³-hybridized carbons (Fsp3) is 0.714. The Bertz CT molecular complexity index is 388. The Kier molecular flexibility index (Phi) is 4.78. The van der Waals surface area contributed by atoms with Crippen LogP contribution in [0.2, 0.25) is 0 Å². The van der Waals surface area contributed by atoms with Gasteiger partial charge in [0, 0.05) is 35.4 Å². The van der Waals surface area contributed by atoms with Crippen LogP contribution < -0.4 is 5.73 Å². The summed E-state index contributed by atoms with van der Waals surface area (Å²) in [5.74, 6) is 0. The summed E-state index contributed by atoms with van der Waals surface area (Å²) < 4.78 is 0. The average Bonchev–Trinajstić information content (AvgIpc) is 2.87. The molecule has 18 heavy (non-hydrogen) atoms. The lowest BCUT2D eigenvalue weighted by atomic mass is 10.2. The van der Waals surface area contributed by atoms with Crippen LogP contribution in [0.3, 0.4) is 0 Å². The van der Waals surface area contributed by atoms with Crippen LogP contribution in [-0.4, -0.2) is 43.0 Å². The van der Waals surface area contributed by atoms with Gasteiger partial charge in [0.2, 0.25) is 0 Å². The zero-order valence-electron chi connectivity index (χ0n) is 11.8. The van der Waals surface area contributed by atoms with Crippen LogP contribution in [0.1, 0.15) is 28.2 Å². The van der Waals surface area contributed by atoms with Crippen LogP contribution in [0.5, 0.6) is 0 Å². The van der Waals surface area contributed by atoms with Crippen molar-refractivity contribution >= 4 is 11.3 Å². The first kappa shape index (κ1) is 14.0. The maximum atomic E-state index is 5.70. The molecule has 1 aromatic rings. The van der Waals surface area contributed by atoms with E-state index in [0.717, 1.165) is 12.6 Å². The Labute approximate surface area is 115 Å². The van der Waals surface area contributed by atoms with Gasteiger partial charge in [0.1, 0.15) is 0 Å². The molecule has 2 heterocycles. The third-order valence-corrected chi connectivity index (χ3v) is 5.02. The molecule has 3 nitrogen and oxygen atoms in total. The average molecular weight is 267 g/mol. The number of hydrogen-bond acceptors (Lipinski definition) is 4. The van der Waals surface area contributed by atoms with Crippen molar-refractivity contribution in [3.63, 3.8) is 0 Å². The maximum Gasteiger partial charge on any atom is 0.0274 e. The van der Waals surface area contributed by atoms with Crippen molar-refractivity contribution in [3.05, 3.63) is 21.4 Å². The molecule has 1 atom stereocenters. The van der Waals surface area contributed by atoms with Crippen molar-refractivity contribution in [1.82, 2.24) is 9.80 Å². The maximum absolute atomic E-state index is 5.70. The van der Waals surface area contributed by atoms with E-state index in [9.17, 15) is 0 Å². The van der Waals surface area contributed by atoms with Crippen molar-refractivity contribution in [2.45, 2.75) is 38.9 Å². The minimum absolute atomic E-state index is 0.667. The molecular weight excluding hydrogens is 242 g/mol. The first-order chi connectivity index (χ1) is 8.60. The zero-order chi connectivity index (χ0) is 13.1. The van der Waals surface area contributed by atoms with Crippen molar-refractivity contribution in [2.75, 3.05) is 27.2 Å². The van der Waals surface area contributed by atoms with E-state index in [1.807, 2.05) is 11.3 Å². The second kappa shape index (κ2) is 6.15. The number of likely N-dealkylation sites (N-methyl/N-ethyl adjacent to an activating group) is 2. The van der Waals surface area contributed by atoms with Crippen molar-refractivity contribution in [3.8, 4) is 0 Å². The predicted molar refractivity (Wildman–Crippen MR) is 78.9 cm³/mol. The zero-order valence-corrected chi connectivity index (χ0v) is 12.6. The van der Waals surface area contributed by atoms with Gasteiger partial charge >= 0.3 is 0 Å². The molecule has 0 aliphatic carbocycles. The van der Waals surface area contributed by atoms with Crippen LogP contribution in [0.15, 0.2) is 6.07 Å². The SMILES string of the molecule is Cc1sc(CN)cc1CN(C)CC1CCCN1C. The van der Waals surface area contributed by atoms with Gasteiger partial charge in [-0.2, -0.15) is 0 Å². The first-order valence-electron chi connectivity index (χ1n) is 6.77. The topological polar surface area (TPSA) is 32.5 Å². The number of likely N-dealkylation sites (tertiary alicyclic amines) is 1. The van der Waals surface area contributed by atoms with Crippen LogP contribution in [0, 0.1) is 6.92 Å². The van der Waals surface area contributed by atoms with Crippen molar-refractivity contribution in [2.24, 2.45) is 5.73 Å². The largest absolute Gasteiger partial charge is 0.326 e. The van der Waals surface area contributed by atoms with Crippen molar-refractivity contribution in [1.29, 1.82) is 0 Å². The van der Waals surface area contributed by atoms with Gasteiger partial charge in [-0.1, -0.05) is 0 Å². The van der Waals surface area contributed by atoms with E-state index in [-0.39, 0.29) is 0 Å². The fourth-order valence-electron chi connectivity index (χ4n) is 2.77. The van der Waals surface area contributed by atoms with Crippen LogP contribution in [0.25, 0.3) is 0 Å². The summed E-state index contributed by atoms with van der Waals surface area (Å²) in [6.45, 7) is 6.35. The van der Waals surface area contributed by atoms with Crippen LogP contribution in [0.4, 0.5) is 0 Å². The summed E-state index contributed by atoms with van der Waals surface area (Å²) in [4.78, 5) is 7.65. The second-order valence-electron chi connectivity index (χ2n) is 5.47. The van der Waals surface area contributed by atoms with Crippen LogP contribution >= 0.6 is 11.3 Å². The molecule has 1 unspecified atom stereocenters. The van der Waals surface area contributed by atoms with Gasteiger partial charge in [-0.3, -0.25) is 0 Å². The highest BCUT2D eigenvalue weighted by atomic mass is 32.1. The Hall–Kier alpha value is -0.420. The first-order valence-corrected chi connectivity index (χ1v) is 7.59. The Morgan fingerprint density at radius 1 is 1.56 bits per heavy atom. The minimum atomic E-state index is 0.667. The molecule has 1 aliphatic heterocycles. The predicted octanol–water partition coefficient (Wildman–Crippen LogP) is 2.04. The van der Waals surface area contributed by atoms with Crippen molar-refractivity contribution < 1.29 is 0 Å². The molecule has 102 valence electrons. The van der Waals surface area contributed by atoms with Gasteiger partial charge in [0.25, 0.3) is 0 Å². The molecule has 1 fully saturated rings. The molecule has 0 spiro atoms. The van der Waals surface area contributed by atoms with Gasteiger partial charge in [0.05, 0.1) is 0 Å². The second-order valence-corrected chi connectivity index (χ2v) is 6.81. The summed E-state index contributed by atoms with van der Waals surface area (Å²) in [5.41, 5.74) is 7.15. The lowest BCUT2D eigenvalue weighted by Gasteiger charge is -2.25. The third-order valence-electron chi connectivity index (χ3n) is 3.91. The Balaban J connectivity index is 1.89. The van der Waals surface area contributed by atoms with E-state index in [1.165, 1.54) is 41.2 Å². The smallest absolute Gasteiger partial charge is 0.0274 e. The third kappa shape index (κ3) is 3.32. The molecule has 2 N–H and O–H groups in total. The van der Waals surface area contributed by atoms with Gasteiger partial charge in [-0.25, -0.2) is 0 Å². The van der Waals surface area contributed by atoms with Gasteiger partial charge in [0.15, 0.2) is 0 Å². The van der Waals surface area contributed by atoms with E-state index in [0.29, 0.717) is 6.54 Å². The number of thiophene rings is 1. The fourth-order valence-corrected chi connectivity index (χ4v) is 3.70. The molecule has 0 radical (unpaired) electrons. The molecule has 0 bridgehead atoms. The van der Waals surface area contributed by atoms with Gasteiger partial charge < -0.3 is 15.5 Å². The van der Waals surface area contributed by atoms with E-state index >= 15 is 0 Å². The lowest BCUT2D eigenvalue weighted by molar-refractivity contribution is 0.215. The highest BCUT2D eigenvalue weighted by Crippen LogP contribution is 2.23. The highest BCUT2D eigenvalue weighted by Gasteiger charge is 2.22. The quantitative estimate of drug-likeness (QED) is 0.886. The summed E-state index contributed by atoms with van der Waals surface area (Å²) >= 11 is 1.84. The Morgan fingerprint density at radius 2 is 2.33 bits per heavy atom. The molecule has 1 aliphatic rings. The molecule has 1 aromatic heterocycles. The van der Waals surface area contributed by atoms with E-state index in [1.54, 1.807) is 0 Å². The summed E-state index contributed by atoms with van der Waals surface area (Å²) in [6.07, 6.45) is 2.70. The number of rotatable bonds is 5. The number of hydrogen-bond donors (Lipinski definition) is 1. The summed E-state index contributed by atoms with van der Waals surface area (Å²) in [5, 5.41) is 0. The standard InChI is InChI=1S/C14H25N3S/c1-11-12(7-14(8-15)18-11)9-16(2)10-13-5-4-6-17(13)3/h7,13H,4-6,8-10,15H2,1-3H3. The van der Waals surface area contributed by atoms with Crippen LogP contribution in [-0.2, 0) is 13.1 Å². The highest BCUT2D eigenvalue weighted by molar-refractivity contribution is 7.12. The molecule has 0 amide bonds. The number of aryl methyl sites for hydroxylation is 1. The van der Waals surface area contributed by atoms with E-state index in [4.69, 9.17) is 5.73 Å². The molecule has 0 saturated carbocycles. The lowest BCUT2D eigenvalue weighted by Crippen LogP contribution is -2.36. The summed E-state index contributed by atoms with van der Waals surface area (Å²) in [6, 6.07) is 3.01. The van der Waals surface area contributed by atoms with Gasteiger partial charge in [-0.05, 0) is 52.0 Å². The molecular formula is C14H25N3S. The molecule has 1 saturated heterocycles. The Morgan fingerprint density at radius 3 is 2.89 bits per heavy atom. The number of nitrogens with zero attached hydrogens (tertiary/aromatic N) is 2. The van der Waals surface area contributed by atoms with E-state index in [2.05, 4.69) is 36.9 Å². The summed E-state index contributed by atoms with van der Waals surface area (Å²) in [7, 11) is 4.47. The number of nitrogens with two attached hydrogens (primary N) is 1. The molecule has 4 heteroatoms. The van der Waals surface area contributed by atoms with Gasteiger partial charge in [-0.15, -0.1) is 11.3 Å².